The number of hydrogen-bond donors (Lipinski definition) is 2. The smallest absolute Gasteiger partial charge is 0.160 e. The molecule has 4 rings (SSSR count). The summed E-state index contributed by atoms with van der Waals surface area (Å²) in [5.74, 6) is 3.16. The maximum Gasteiger partial charge on any atom is 0.160 e. The Kier molecular flexibility index (Phi) is 8.49. The van der Waals surface area contributed by atoms with Crippen LogP contribution in [0.2, 0.25) is 0 Å². The number of nitrogens with one attached hydrogen (secondary N) is 1. The zero-order valence-electron chi connectivity index (χ0n) is 21.1. The molecule has 2 N–H and O–H groups in total. The minimum Gasteiger partial charge on any atom is -0.491 e. The number of aryl methyl sites for hydroxylation is 2. The van der Waals surface area contributed by atoms with E-state index in [9.17, 15) is 5.11 Å². The van der Waals surface area contributed by atoms with Crippen LogP contribution >= 0.6 is 0 Å². The van der Waals surface area contributed by atoms with Crippen molar-refractivity contribution in [1.82, 2.24) is 20.4 Å². The Morgan fingerprint density at radius 1 is 1.17 bits per heavy atom. The van der Waals surface area contributed by atoms with Gasteiger partial charge in [0.1, 0.15) is 24.2 Å². The molecule has 2 aromatic heterocycles. The summed E-state index contributed by atoms with van der Waals surface area (Å²) in [6.45, 7) is 8.50. The van der Waals surface area contributed by atoms with Crippen molar-refractivity contribution in [2.24, 2.45) is 11.8 Å². The Bertz CT molecular complexity index is 1090. The first-order valence-corrected chi connectivity index (χ1v) is 12.4. The van der Waals surface area contributed by atoms with E-state index in [2.05, 4.69) is 23.5 Å². The first kappa shape index (κ1) is 25.3. The van der Waals surface area contributed by atoms with E-state index in [0.29, 0.717) is 30.0 Å². The van der Waals surface area contributed by atoms with Crippen molar-refractivity contribution in [1.29, 1.82) is 0 Å². The molecule has 0 radical (unpaired) electrons. The van der Waals surface area contributed by atoms with E-state index in [1.807, 2.05) is 38.1 Å². The van der Waals surface area contributed by atoms with E-state index in [0.717, 1.165) is 66.4 Å². The third kappa shape index (κ3) is 6.45. The minimum absolute atomic E-state index is 0.206. The lowest BCUT2D eigenvalue weighted by Crippen LogP contribution is -2.29. The maximum atomic E-state index is 9.98. The van der Waals surface area contributed by atoms with Crippen molar-refractivity contribution in [2.75, 3.05) is 33.4 Å². The number of likely N-dealkylation sites (N-methyl/N-ethyl adjacent to an activating group) is 1. The van der Waals surface area contributed by atoms with Gasteiger partial charge in [0, 0.05) is 31.0 Å². The molecule has 1 aliphatic heterocycles. The molecule has 2 unspecified atom stereocenters. The Balaban J connectivity index is 1.65. The van der Waals surface area contributed by atoms with Gasteiger partial charge in [-0.3, -0.25) is 0 Å². The van der Waals surface area contributed by atoms with E-state index in [1.165, 1.54) is 0 Å². The van der Waals surface area contributed by atoms with Gasteiger partial charge in [0.15, 0.2) is 5.82 Å². The fourth-order valence-corrected chi connectivity index (χ4v) is 4.70. The molecule has 0 amide bonds. The van der Waals surface area contributed by atoms with Crippen LogP contribution in [0.4, 0.5) is 0 Å². The molecule has 0 bridgehead atoms. The number of aliphatic hydroxyl groups excluding tert-OH is 1. The second kappa shape index (κ2) is 11.7. The summed E-state index contributed by atoms with van der Waals surface area (Å²) in [7, 11) is 1.80. The van der Waals surface area contributed by atoms with Gasteiger partial charge in [0.2, 0.25) is 0 Å². The van der Waals surface area contributed by atoms with Gasteiger partial charge in [-0.1, -0.05) is 24.2 Å². The molecule has 3 heterocycles. The SMILES string of the molecule is CNCC(O)COc1cccc(-c2nc(CC(C)C3CCOCC3)cc(-c3c(C)noc3C)n2)c1. The molecule has 1 aliphatic rings. The van der Waals surface area contributed by atoms with Crippen LogP contribution in [0.15, 0.2) is 34.9 Å². The molecule has 8 nitrogen and oxygen atoms in total. The zero-order valence-corrected chi connectivity index (χ0v) is 21.1. The summed E-state index contributed by atoms with van der Waals surface area (Å²) < 4.78 is 16.8. The van der Waals surface area contributed by atoms with Crippen LogP contribution in [-0.2, 0) is 11.2 Å². The fourth-order valence-electron chi connectivity index (χ4n) is 4.70. The van der Waals surface area contributed by atoms with E-state index in [1.54, 1.807) is 7.05 Å². The van der Waals surface area contributed by atoms with Gasteiger partial charge in [0.25, 0.3) is 0 Å². The molecule has 1 saturated heterocycles. The minimum atomic E-state index is -0.582. The van der Waals surface area contributed by atoms with Crippen LogP contribution in [-0.4, -0.2) is 59.7 Å². The second-order valence-corrected chi connectivity index (χ2v) is 9.45. The highest BCUT2D eigenvalue weighted by molar-refractivity contribution is 5.67. The Labute approximate surface area is 207 Å². The Morgan fingerprint density at radius 3 is 2.69 bits per heavy atom. The number of rotatable bonds is 10. The molecule has 35 heavy (non-hydrogen) atoms. The van der Waals surface area contributed by atoms with Gasteiger partial charge in [-0.05, 0) is 70.2 Å². The number of ether oxygens (including phenoxy) is 2. The fraction of sp³-hybridized carbons (Fsp3) is 0.519. The van der Waals surface area contributed by atoms with E-state index in [4.69, 9.17) is 24.0 Å². The van der Waals surface area contributed by atoms with Gasteiger partial charge in [-0.15, -0.1) is 0 Å². The van der Waals surface area contributed by atoms with Crippen LogP contribution in [0.1, 0.15) is 36.9 Å². The summed E-state index contributed by atoms with van der Waals surface area (Å²) in [5, 5.41) is 17.1. The van der Waals surface area contributed by atoms with E-state index in [-0.39, 0.29) is 6.61 Å². The van der Waals surface area contributed by atoms with Gasteiger partial charge >= 0.3 is 0 Å². The monoisotopic (exact) mass is 480 g/mol. The first-order chi connectivity index (χ1) is 16.9. The van der Waals surface area contributed by atoms with E-state index >= 15 is 0 Å². The Morgan fingerprint density at radius 2 is 1.97 bits per heavy atom. The van der Waals surface area contributed by atoms with Crippen molar-refractivity contribution in [2.45, 2.75) is 46.1 Å². The second-order valence-electron chi connectivity index (χ2n) is 9.45. The van der Waals surface area contributed by atoms with Gasteiger partial charge in [0.05, 0.1) is 17.0 Å². The number of aliphatic hydroxyl groups is 1. The van der Waals surface area contributed by atoms with Crippen molar-refractivity contribution in [3.8, 4) is 28.4 Å². The normalized spacial score (nSPS) is 16.3. The first-order valence-electron chi connectivity index (χ1n) is 12.4. The number of benzene rings is 1. The molecule has 0 saturated carbocycles. The summed E-state index contributed by atoms with van der Waals surface area (Å²) in [4.78, 5) is 9.87. The molecule has 3 aromatic rings. The van der Waals surface area contributed by atoms with Crippen LogP contribution in [0.3, 0.4) is 0 Å². The lowest BCUT2D eigenvalue weighted by molar-refractivity contribution is 0.0494. The quantitative estimate of drug-likeness (QED) is 0.449. The van der Waals surface area contributed by atoms with Crippen LogP contribution < -0.4 is 10.1 Å². The van der Waals surface area contributed by atoms with Crippen LogP contribution in [0.25, 0.3) is 22.6 Å². The summed E-state index contributed by atoms with van der Waals surface area (Å²) in [5.41, 5.74) is 4.40. The average molecular weight is 481 g/mol. The maximum absolute atomic E-state index is 9.98. The molecule has 1 aromatic carbocycles. The number of nitrogens with zero attached hydrogens (tertiary/aromatic N) is 3. The van der Waals surface area contributed by atoms with E-state index < -0.39 is 6.10 Å². The van der Waals surface area contributed by atoms with Gasteiger partial charge in [-0.2, -0.15) is 0 Å². The van der Waals surface area contributed by atoms with Crippen molar-refractivity contribution in [3.05, 3.63) is 47.5 Å². The van der Waals surface area contributed by atoms with Gasteiger partial charge < -0.3 is 24.4 Å². The molecule has 188 valence electrons. The highest BCUT2D eigenvalue weighted by Crippen LogP contribution is 2.31. The summed E-state index contributed by atoms with van der Waals surface area (Å²) >= 11 is 0. The lowest BCUT2D eigenvalue weighted by Gasteiger charge is -2.27. The molecular formula is C27H36N4O4. The topological polar surface area (TPSA) is 103 Å². The molecule has 0 spiro atoms. The third-order valence-electron chi connectivity index (χ3n) is 6.64. The molecule has 0 aliphatic carbocycles. The van der Waals surface area contributed by atoms with Crippen LogP contribution in [0.5, 0.6) is 5.75 Å². The number of hydrogen-bond acceptors (Lipinski definition) is 8. The predicted molar refractivity (Wildman–Crippen MR) is 134 cm³/mol. The predicted octanol–water partition coefficient (Wildman–Crippen LogP) is 3.98. The average Bonchev–Trinajstić information content (AvgIpc) is 3.21. The highest BCUT2D eigenvalue weighted by Gasteiger charge is 2.23. The Hall–Kier alpha value is -2.81. The zero-order chi connectivity index (χ0) is 24.8. The van der Waals surface area contributed by atoms with Crippen molar-refractivity contribution < 1.29 is 19.1 Å². The largest absolute Gasteiger partial charge is 0.491 e. The van der Waals surface area contributed by atoms with Crippen molar-refractivity contribution in [3.63, 3.8) is 0 Å². The third-order valence-corrected chi connectivity index (χ3v) is 6.64. The standard InChI is InChI=1S/C27H36N4O4/c1-17(20-8-10-33-11-9-20)12-22-14-25(26-18(2)31-35-19(26)3)30-27(29-22)21-6-5-7-24(13-21)34-16-23(32)15-28-4/h5-7,13-14,17,20,23,28,32H,8-12,15-16H2,1-4H3. The lowest BCUT2D eigenvalue weighted by atomic mass is 9.84. The summed E-state index contributed by atoms with van der Waals surface area (Å²) in [6, 6.07) is 9.77. The highest BCUT2D eigenvalue weighted by atomic mass is 16.5. The molecule has 8 heteroatoms. The van der Waals surface area contributed by atoms with Gasteiger partial charge in [-0.25, -0.2) is 9.97 Å². The number of aromatic nitrogens is 3. The molecule has 2 atom stereocenters. The summed E-state index contributed by atoms with van der Waals surface area (Å²) in [6.07, 6.45) is 2.47. The molecular weight excluding hydrogens is 444 g/mol. The van der Waals surface area contributed by atoms with Crippen molar-refractivity contribution >= 4 is 0 Å². The van der Waals surface area contributed by atoms with Crippen LogP contribution in [0, 0.1) is 25.7 Å². The molecule has 1 fully saturated rings.